The van der Waals surface area contributed by atoms with E-state index in [9.17, 15) is 14.2 Å². The summed E-state index contributed by atoms with van der Waals surface area (Å²) >= 11 is 0. The Morgan fingerprint density at radius 1 is 1.12 bits per heavy atom. The molecule has 0 saturated heterocycles. The molecule has 3 unspecified atom stereocenters. The Kier molecular flexibility index (Phi) is 8.51. The summed E-state index contributed by atoms with van der Waals surface area (Å²) in [4.78, 5) is 26.5. The van der Waals surface area contributed by atoms with E-state index >= 15 is 0 Å². The minimum Gasteiger partial charge on any atom is -0.396 e. The Balaban J connectivity index is 4.06. The lowest BCUT2D eigenvalue weighted by atomic mass is 10.1. The van der Waals surface area contributed by atoms with E-state index in [0.29, 0.717) is 19.3 Å². The van der Waals surface area contributed by atoms with Crippen molar-refractivity contribution in [2.75, 3.05) is 6.61 Å². The van der Waals surface area contributed by atoms with E-state index in [1.807, 2.05) is 0 Å². The zero-order chi connectivity index (χ0) is 13.5. The Labute approximate surface area is 101 Å². The molecule has 0 bridgehead atoms. The van der Waals surface area contributed by atoms with Crippen LogP contribution in [0.3, 0.4) is 0 Å². The molecule has 0 saturated carbocycles. The zero-order valence-corrected chi connectivity index (χ0v) is 11.3. The highest BCUT2D eigenvalue weighted by molar-refractivity contribution is 7.65. The number of aliphatic hydroxyl groups is 2. The largest absolute Gasteiger partial charge is 0.396 e. The molecular weight excluding hydrogens is 270 g/mol. The monoisotopic (exact) mass is 290 g/mol. The fraction of sp³-hybridized carbons (Fsp3) is 1.00. The molecule has 0 aromatic carbocycles. The number of rotatable bonds is 9. The molecule has 5 N–H and O–H groups in total. The van der Waals surface area contributed by atoms with Gasteiger partial charge in [-0.1, -0.05) is 0 Å². The average molecular weight is 290 g/mol. The number of hydrogen-bond acceptors (Lipinski definition) is 4. The zero-order valence-electron chi connectivity index (χ0n) is 9.40. The van der Waals surface area contributed by atoms with Gasteiger partial charge in [-0.25, -0.2) is 0 Å². The van der Waals surface area contributed by atoms with E-state index in [0.717, 1.165) is 0 Å². The molecule has 104 valence electrons. The maximum absolute atomic E-state index is 10.9. The minimum absolute atomic E-state index is 0.0299. The van der Waals surface area contributed by atoms with Crippen LogP contribution < -0.4 is 0 Å². The van der Waals surface area contributed by atoms with Gasteiger partial charge >= 0.3 is 7.60 Å². The lowest BCUT2D eigenvalue weighted by molar-refractivity contribution is 0.145. The van der Waals surface area contributed by atoms with Gasteiger partial charge in [-0.3, -0.25) is 9.13 Å². The molecule has 9 heteroatoms. The molecule has 0 aliphatic rings. The first kappa shape index (κ1) is 17.3. The Hall–Kier alpha value is 0.260. The van der Waals surface area contributed by atoms with E-state index in [1.54, 1.807) is 0 Å². The summed E-state index contributed by atoms with van der Waals surface area (Å²) in [7, 11) is -7.90. The quantitative estimate of drug-likeness (QED) is 0.303. The Bertz CT molecular complexity index is 277. The van der Waals surface area contributed by atoms with Crippen molar-refractivity contribution in [3.63, 3.8) is 0 Å². The van der Waals surface area contributed by atoms with Gasteiger partial charge in [0.15, 0.2) is 0 Å². The van der Waals surface area contributed by atoms with Crippen LogP contribution in [0.4, 0.5) is 0 Å². The van der Waals surface area contributed by atoms with Gasteiger partial charge in [0, 0.05) is 6.61 Å². The molecule has 0 radical (unpaired) electrons. The van der Waals surface area contributed by atoms with Crippen molar-refractivity contribution in [3.8, 4) is 0 Å². The highest BCUT2D eigenvalue weighted by Crippen LogP contribution is 2.53. The maximum Gasteiger partial charge on any atom is 0.337 e. The van der Waals surface area contributed by atoms with E-state index in [1.165, 1.54) is 0 Å². The van der Waals surface area contributed by atoms with Crippen molar-refractivity contribution in [1.29, 1.82) is 0 Å². The summed E-state index contributed by atoms with van der Waals surface area (Å²) in [5.41, 5.74) is 0. The van der Waals surface area contributed by atoms with Crippen molar-refractivity contribution in [1.82, 2.24) is 0 Å². The van der Waals surface area contributed by atoms with Crippen LogP contribution in [0.5, 0.6) is 0 Å². The topological polar surface area (TPSA) is 135 Å². The van der Waals surface area contributed by atoms with Gasteiger partial charge in [-0.05, 0) is 32.1 Å². The first-order chi connectivity index (χ1) is 7.79. The van der Waals surface area contributed by atoms with E-state index in [4.69, 9.17) is 19.8 Å². The second-order valence-corrected chi connectivity index (χ2v) is 7.55. The van der Waals surface area contributed by atoms with Crippen molar-refractivity contribution in [3.05, 3.63) is 0 Å². The smallest absolute Gasteiger partial charge is 0.337 e. The molecule has 0 aromatic heterocycles. The first-order valence-electron chi connectivity index (χ1n) is 5.36. The molecular formula is C8H20O7P2. The molecule has 0 spiro atoms. The molecule has 0 heterocycles. The van der Waals surface area contributed by atoms with Gasteiger partial charge in [0.2, 0.25) is 8.03 Å². The van der Waals surface area contributed by atoms with Gasteiger partial charge in [-0.2, -0.15) is 0 Å². The first-order valence-corrected chi connectivity index (χ1v) is 8.47. The standard InChI is InChI=1S/C8H20O7P2/c9-6-2-1-3-7(10)4-5-8(16(11)12)17(13,14)15/h7-10,16H,1-6H2,(H,11,12)(H2,13,14,15). The van der Waals surface area contributed by atoms with Gasteiger partial charge in [0.05, 0.1) is 6.10 Å². The fourth-order valence-electron chi connectivity index (χ4n) is 1.42. The van der Waals surface area contributed by atoms with E-state index < -0.39 is 27.1 Å². The van der Waals surface area contributed by atoms with Crippen LogP contribution >= 0.6 is 15.6 Å². The number of hydrogen-bond donors (Lipinski definition) is 5. The lowest BCUT2D eigenvalue weighted by Gasteiger charge is -2.17. The second-order valence-electron chi connectivity index (χ2n) is 3.89. The normalized spacial score (nSPS) is 17.7. The fourth-order valence-corrected chi connectivity index (χ4v) is 3.47. The summed E-state index contributed by atoms with van der Waals surface area (Å²) in [5, 5.41) is 16.4. The van der Waals surface area contributed by atoms with Crippen LogP contribution in [0.2, 0.25) is 0 Å². The van der Waals surface area contributed by atoms with Crippen molar-refractivity contribution in [2.24, 2.45) is 0 Å². The third kappa shape index (κ3) is 8.06. The molecule has 7 nitrogen and oxygen atoms in total. The summed E-state index contributed by atoms with van der Waals surface area (Å²) in [5.74, 6) is 0. The van der Waals surface area contributed by atoms with Gasteiger partial charge in [-0.15, -0.1) is 0 Å². The summed E-state index contributed by atoms with van der Waals surface area (Å²) in [6, 6.07) is 0. The second kappa shape index (κ2) is 8.38. The molecule has 0 aliphatic carbocycles. The van der Waals surface area contributed by atoms with E-state index in [2.05, 4.69) is 0 Å². The third-order valence-electron chi connectivity index (χ3n) is 2.41. The Morgan fingerprint density at radius 2 is 1.71 bits per heavy atom. The van der Waals surface area contributed by atoms with E-state index in [-0.39, 0.29) is 19.4 Å². The lowest BCUT2D eigenvalue weighted by Crippen LogP contribution is -2.12. The molecule has 3 atom stereocenters. The Morgan fingerprint density at radius 3 is 2.12 bits per heavy atom. The summed E-state index contributed by atoms with van der Waals surface area (Å²) in [6.07, 6.45) is 0.678. The van der Waals surface area contributed by atoms with Gasteiger partial charge < -0.3 is 24.9 Å². The van der Waals surface area contributed by atoms with Crippen LogP contribution in [0.25, 0.3) is 0 Å². The van der Waals surface area contributed by atoms with Crippen LogP contribution in [0.15, 0.2) is 0 Å². The number of unbranched alkanes of at least 4 members (excludes halogenated alkanes) is 1. The summed E-state index contributed by atoms with van der Waals surface area (Å²) < 4.78 is 21.7. The predicted octanol–water partition coefficient (Wildman–Crippen LogP) is 0.261. The average Bonchev–Trinajstić information content (AvgIpc) is 2.15. The van der Waals surface area contributed by atoms with Crippen LogP contribution in [0.1, 0.15) is 32.1 Å². The maximum atomic E-state index is 10.9. The molecule has 0 rings (SSSR count). The van der Waals surface area contributed by atoms with Crippen molar-refractivity contribution in [2.45, 2.75) is 43.6 Å². The molecule has 0 amide bonds. The van der Waals surface area contributed by atoms with Crippen LogP contribution in [0, 0.1) is 0 Å². The van der Waals surface area contributed by atoms with Gasteiger partial charge in [0.1, 0.15) is 5.40 Å². The third-order valence-corrected chi connectivity index (χ3v) is 6.01. The molecule has 17 heavy (non-hydrogen) atoms. The molecule has 0 aromatic rings. The number of aliphatic hydroxyl groups excluding tert-OH is 2. The van der Waals surface area contributed by atoms with Crippen molar-refractivity contribution < 1.29 is 34.0 Å². The molecule has 0 aliphatic heterocycles. The van der Waals surface area contributed by atoms with Crippen LogP contribution in [-0.4, -0.2) is 43.0 Å². The highest BCUT2D eigenvalue weighted by Gasteiger charge is 2.33. The predicted molar refractivity (Wildman–Crippen MR) is 63.2 cm³/mol. The molecule has 0 fully saturated rings. The SMILES string of the molecule is O=[PH](O)C(CCC(O)CCCCO)P(=O)(O)O. The minimum atomic E-state index is -4.59. The van der Waals surface area contributed by atoms with Gasteiger partial charge in [0.25, 0.3) is 0 Å². The summed E-state index contributed by atoms with van der Waals surface area (Å²) in [6.45, 7) is 0.0299. The van der Waals surface area contributed by atoms with Crippen LogP contribution in [-0.2, 0) is 9.13 Å². The van der Waals surface area contributed by atoms with Crippen molar-refractivity contribution >= 4 is 15.6 Å². The highest BCUT2D eigenvalue weighted by atomic mass is 31.2.